The highest BCUT2D eigenvalue weighted by molar-refractivity contribution is 5.78. The van der Waals surface area contributed by atoms with Crippen molar-refractivity contribution in [2.24, 2.45) is 5.92 Å². The lowest BCUT2D eigenvalue weighted by Gasteiger charge is -2.32. The summed E-state index contributed by atoms with van der Waals surface area (Å²) in [7, 11) is 0. The number of nitrogens with one attached hydrogen (secondary N) is 1. The Labute approximate surface area is 166 Å². The van der Waals surface area contributed by atoms with Gasteiger partial charge in [-0.25, -0.2) is 4.98 Å². The number of likely N-dealkylation sites (tertiary alicyclic amines) is 1. The molecule has 1 aliphatic rings. The van der Waals surface area contributed by atoms with Gasteiger partial charge in [0.15, 0.2) is 0 Å². The lowest BCUT2D eigenvalue weighted by Crippen LogP contribution is -2.43. The lowest BCUT2D eigenvalue weighted by atomic mass is 9.96. The number of aromatic nitrogens is 1. The Bertz CT molecular complexity index is 739. The van der Waals surface area contributed by atoms with Gasteiger partial charge in [-0.05, 0) is 44.5 Å². The molecular weight excluding hydrogens is 354 g/mol. The van der Waals surface area contributed by atoms with Crippen LogP contribution in [-0.4, -0.2) is 48.6 Å². The first-order valence-corrected chi connectivity index (χ1v) is 10.0. The summed E-state index contributed by atoms with van der Waals surface area (Å²) in [6, 6.07) is 13.6. The van der Waals surface area contributed by atoms with Gasteiger partial charge >= 0.3 is 0 Å². The maximum atomic E-state index is 12.5. The molecule has 2 aromatic rings. The van der Waals surface area contributed by atoms with Gasteiger partial charge in [0.25, 0.3) is 0 Å². The van der Waals surface area contributed by atoms with Crippen molar-refractivity contribution in [1.82, 2.24) is 15.2 Å². The number of hydrogen-bond acceptors (Lipinski definition) is 5. The van der Waals surface area contributed by atoms with Crippen LogP contribution in [0.1, 0.15) is 25.3 Å². The molecule has 1 unspecified atom stereocenters. The highest BCUT2D eigenvalue weighted by Crippen LogP contribution is 2.22. The minimum Gasteiger partial charge on any atom is -0.492 e. The van der Waals surface area contributed by atoms with E-state index in [4.69, 9.17) is 9.47 Å². The van der Waals surface area contributed by atoms with Crippen molar-refractivity contribution in [2.75, 3.05) is 32.8 Å². The number of amides is 1. The van der Waals surface area contributed by atoms with Gasteiger partial charge in [0, 0.05) is 24.8 Å². The van der Waals surface area contributed by atoms with E-state index in [2.05, 4.69) is 15.2 Å². The average molecular weight is 383 g/mol. The molecule has 1 aliphatic heterocycles. The summed E-state index contributed by atoms with van der Waals surface area (Å²) in [6.45, 7) is 6.04. The maximum Gasteiger partial charge on any atom is 0.224 e. The normalized spacial score (nSPS) is 17.1. The Morgan fingerprint density at radius 3 is 2.89 bits per heavy atom. The van der Waals surface area contributed by atoms with Gasteiger partial charge in [-0.3, -0.25) is 9.69 Å². The molecule has 1 atom stereocenters. The number of piperidine rings is 1. The van der Waals surface area contributed by atoms with E-state index >= 15 is 0 Å². The van der Waals surface area contributed by atoms with Crippen LogP contribution in [0, 0.1) is 5.92 Å². The monoisotopic (exact) mass is 383 g/mol. The zero-order chi connectivity index (χ0) is 19.6. The maximum absolute atomic E-state index is 12.5. The molecule has 2 heterocycles. The first-order valence-electron chi connectivity index (χ1n) is 10.0. The number of para-hydroxylation sites is 1. The number of pyridine rings is 1. The van der Waals surface area contributed by atoms with Crippen molar-refractivity contribution in [1.29, 1.82) is 0 Å². The molecule has 1 aromatic heterocycles. The highest BCUT2D eigenvalue weighted by atomic mass is 16.5. The van der Waals surface area contributed by atoms with Gasteiger partial charge in [-0.15, -0.1) is 0 Å². The van der Waals surface area contributed by atoms with Gasteiger partial charge in [0.05, 0.1) is 19.1 Å². The minimum atomic E-state index is 0.0118. The predicted octanol–water partition coefficient (Wildman–Crippen LogP) is 2.89. The van der Waals surface area contributed by atoms with Crippen LogP contribution in [0.15, 0.2) is 48.7 Å². The van der Waals surface area contributed by atoms with E-state index in [9.17, 15) is 4.79 Å². The minimum absolute atomic E-state index is 0.0118. The number of hydrogen-bond donors (Lipinski definition) is 1. The van der Waals surface area contributed by atoms with Crippen LogP contribution < -0.4 is 14.8 Å². The summed E-state index contributed by atoms with van der Waals surface area (Å²) < 4.78 is 11.3. The Balaban J connectivity index is 1.44. The molecule has 0 bridgehead atoms. The van der Waals surface area contributed by atoms with E-state index in [1.807, 2.05) is 49.4 Å². The third kappa shape index (κ3) is 5.96. The fourth-order valence-corrected chi connectivity index (χ4v) is 3.47. The van der Waals surface area contributed by atoms with Crippen LogP contribution in [0.3, 0.4) is 0 Å². The number of nitrogens with zero attached hydrogens (tertiary/aromatic N) is 2. The van der Waals surface area contributed by atoms with Crippen LogP contribution in [0.5, 0.6) is 11.6 Å². The Hall–Kier alpha value is -2.60. The van der Waals surface area contributed by atoms with Gasteiger partial charge in [-0.1, -0.05) is 24.3 Å². The van der Waals surface area contributed by atoms with E-state index in [1.165, 1.54) is 0 Å². The van der Waals surface area contributed by atoms with E-state index in [0.29, 0.717) is 25.6 Å². The van der Waals surface area contributed by atoms with Gasteiger partial charge in [0.2, 0.25) is 11.8 Å². The molecule has 0 aliphatic carbocycles. The second kappa shape index (κ2) is 10.7. The van der Waals surface area contributed by atoms with Crippen LogP contribution >= 0.6 is 0 Å². The van der Waals surface area contributed by atoms with Gasteiger partial charge in [-0.2, -0.15) is 0 Å². The van der Waals surface area contributed by atoms with Crippen molar-refractivity contribution in [3.63, 3.8) is 0 Å². The van der Waals surface area contributed by atoms with Crippen molar-refractivity contribution in [2.45, 2.75) is 26.3 Å². The van der Waals surface area contributed by atoms with Crippen LogP contribution in [0.2, 0.25) is 0 Å². The van der Waals surface area contributed by atoms with Crippen molar-refractivity contribution < 1.29 is 14.3 Å². The van der Waals surface area contributed by atoms with Gasteiger partial charge in [0.1, 0.15) is 12.4 Å². The summed E-state index contributed by atoms with van der Waals surface area (Å²) >= 11 is 0. The fraction of sp³-hybridized carbons (Fsp3) is 0.455. The molecule has 28 heavy (non-hydrogen) atoms. The van der Waals surface area contributed by atoms with E-state index in [0.717, 1.165) is 43.8 Å². The second-order valence-electron chi connectivity index (χ2n) is 6.93. The zero-order valence-electron chi connectivity index (χ0n) is 16.5. The topological polar surface area (TPSA) is 63.7 Å². The fourth-order valence-electron chi connectivity index (χ4n) is 3.47. The molecular formula is C22H29N3O3. The first kappa shape index (κ1) is 20.1. The Morgan fingerprint density at radius 1 is 1.21 bits per heavy atom. The summed E-state index contributed by atoms with van der Waals surface area (Å²) in [5.41, 5.74) is 1.07. The smallest absolute Gasteiger partial charge is 0.224 e. The standard InChI is InChI=1S/C22H29N3O3/c1-2-27-22-19(8-6-12-24-22)17-25-14-7-9-18(16-25)21(26)23-13-15-28-20-10-4-3-5-11-20/h3-6,8,10-12,18H,2,7,9,13-17H2,1H3,(H,23,26). The molecule has 3 rings (SSSR count). The molecule has 6 heteroatoms. The van der Waals surface area contributed by atoms with Crippen LogP contribution in [-0.2, 0) is 11.3 Å². The number of rotatable bonds is 9. The average Bonchev–Trinajstić information content (AvgIpc) is 2.74. The SMILES string of the molecule is CCOc1ncccc1CN1CCCC(C(=O)NCCOc2ccccc2)C1. The number of ether oxygens (including phenoxy) is 2. The van der Waals surface area contributed by atoms with E-state index < -0.39 is 0 Å². The molecule has 0 radical (unpaired) electrons. The Morgan fingerprint density at radius 2 is 2.07 bits per heavy atom. The summed E-state index contributed by atoms with van der Waals surface area (Å²) in [5, 5.41) is 3.01. The molecule has 150 valence electrons. The molecule has 1 amide bonds. The summed E-state index contributed by atoms with van der Waals surface area (Å²) in [5.74, 6) is 1.63. The Kier molecular flexibility index (Phi) is 7.67. The third-order valence-corrected chi connectivity index (χ3v) is 4.81. The van der Waals surface area contributed by atoms with E-state index in [-0.39, 0.29) is 11.8 Å². The van der Waals surface area contributed by atoms with Crippen LogP contribution in [0.25, 0.3) is 0 Å². The molecule has 1 fully saturated rings. The third-order valence-electron chi connectivity index (χ3n) is 4.81. The second-order valence-corrected chi connectivity index (χ2v) is 6.93. The van der Waals surface area contributed by atoms with Crippen molar-refractivity contribution >= 4 is 5.91 Å². The molecule has 1 saturated heterocycles. The first-order chi connectivity index (χ1) is 13.8. The van der Waals surface area contributed by atoms with E-state index in [1.54, 1.807) is 6.20 Å². The van der Waals surface area contributed by atoms with Gasteiger partial charge < -0.3 is 14.8 Å². The molecule has 0 spiro atoms. The zero-order valence-corrected chi connectivity index (χ0v) is 16.5. The molecule has 1 aromatic carbocycles. The molecule has 1 N–H and O–H groups in total. The molecule has 0 saturated carbocycles. The quantitative estimate of drug-likeness (QED) is 0.675. The number of carbonyl (C=O) groups is 1. The lowest BCUT2D eigenvalue weighted by molar-refractivity contribution is -0.126. The van der Waals surface area contributed by atoms with Crippen LogP contribution in [0.4, 0.5) is 0 Å². The van der Waals surface area contributed by atoms with Crippen molar-refractivity contribution in [3.8, 4) is 11.6 Å². The summed E-state index contributed by atoms with van der Waals surface area (Å²) in [4.78, 5) is 19.2. The summed E-state index contributed by atoms with van der Waals surface area (Å²) in [6.07, 6.45) is 3.69. The number of carbonyl (C=O) groups excluding carboxylic acids is 1. The van der Waals surface area contributed by atoms with Crippen molar-refractivity contribution in [3.05, 3.63) is 54.2 Å². The molecule has 6 nitrogen and oxygen atoms in total. The number of benzene rings is 1. The predicted molar refractivity (Wildman–Crippen MR) is 108 cm³/mol. The largest absolute Gasteiger partial charge is 0.492 e. The highest BCUT2D eigenvalue weighted by Gasteiger charge is 2.26.